The molecule has 0 saturated heterocycles. The monoisotopic (exact) mass is 223 g/mol. The number of hydrogen-bond acceptors (Lipinski definition) is 6. The van der Waals surface area contributed by atoms with Crippen LogP contribution in [0.1, 0.15) is 0 Å². The fourth-order valence-electron chi connectivity index (χ4n) is 0.907. The van der Waals surface area contributed by atoms with Crippen LogP contribution in [0.4, 0.5) is 0 Å². The molecule has 1 unspecified atom stereocenters. The van der Waals surface area contributed by atoms with Gasteiger partial charge in [0.1, 0.15) is 6.10 Å². The molecule has 2 N–H and O–H groups in total. The Bertz CT molecular complexity index is 125. The molecule has 0 aromatic heterocycles. The molecule has 0 bridgehead atoms. The SMILES string of the molecule is COCCOCC(CON)OCCOC. The van der Waals surface area contributed by atoms with E-state index in [1.807, 2.05) is 0 Å². The van der Waals surface area contributed by atoms with E-state index in [9.17, 15) is 0 Å². The summed E-state index contributed by atoms with van der Waals surface area (Å²) in [6.45, 7) is 2.87. The van der Waals surface area contributed by atoms with Crippen LogP contribution >= 0.6 is 0 Å². The molecule has 92 valence electrons. The van der Waals surface area contributed by atoms with Crippen LogP contribution in [0, 0.1) is 0 Å². The summed E-state index contributed by atoms with van der Waals surface area (Å²) in [5, 5.41) is 0. The standard InChI is InChI=1S/C9H21NO5/c1-11-3-5-13-7-9(8-15-10)14-6-4-12-2/h9H,3-8,10H2,1-2H3. The van der Waals surface area contributed by atoms with Gasteiger partial charge in [-0.1, -0.05) is 0 Å². The van der Waals surface area contributed by atoms with Crippen LogP contribution < -0.4 is 5.90 Å². The summed E-state index contributed by atoms with van der Waals surface area (Å²) in [5.74, 6) is 4.97. The first-order chi connectivity index (χ1) is 7.35. The largest absolute Gasteiger partial charge is 0.382 e. The Hall–Kier alpha value is -0.240. The lowest BCUT2D eigenvalue weighted by molar-refractivity contribution is -0.0749. The average Bonchev–Trinajstić information content (AvgIpc) is 2.24. The Morgan fingerprint density at radius 3 is 2.20 bits per heavy atom. The van der Waals surface area contributed by atoms with Gasteiger partial charge in [-0.2, -0.15) is 0 Å². The third-order valence-corrected chi connectivity index (χ3v) is 1.66. The lowest BCUT2D eigenvalue weighted by atomic mass is 10.4. The second kappa shape index (κ2) is 11.8. The number of ether oxygens (including phenoxy) is 4. The van der Waals surface area contributed by atoms with Gasteiger partial charge in [0, 0.05) is 14.2 Å². The quantitative estimate of drug-likeness (QED) is 0.378. The van der Waals surface area contributed by atoms with Crippen molar-refractivity contribution >= 4 is 0 Å². The molecule has 0 heterocycles. The third-order valence-electron chi connectivity index (χ3n) is 1.66. The molecule has 0 fully saturated rings. The smallest absolute Gasteiger partial charge is 0.106 e. The molecule has 0 rings (SSSR count). The van der Waals surface area contributed by atoms with Crippen LogP contribution in [-0.4, -0.2) is 60.0 Å². The second-order valence-electron chi connectivity index (χ2n) is 2.89. The average molecular weight is 223 g/mol. The fourth-order valence-corrected chi connectivity index (χ4v) is 0.907. The molecule has 0 aliphatic carbocycles. The van der Waals surface area contributed by atoms with Crippen molar-refractivity contribution in [2.24, 2.45) is 5.90 Å². The zero-order valence-electron chi connectivity index (χ0n) is 9.44. The molecule has 1 atom stereocenters. The summed E-state index contributed by atoms with van der Waals surface area (Å²) in [4.78, 5) is 4.51. The molecule has 0 amide bonds. The van der Waals surface area contributed by atoms with Crippen LogP contribution in [0.5, 0.6) is 0 Å². The predicted molar refractivity (Wildman–Crippen MR) is 54.5 cm³/mol. The number of nitrogens with two attached hydrogens (primary N) is 1. The van der Waals surface area contributed by atoms with Crippen molar-refractivity contribution in [1.29, 1.82) is 0 Å². The minimum atomic E-state index is -0.165. The molecule has 0 aliphatic rings. The highest BCUT2D eigenvalue weighted by Crippen LogP contribution is 1.94. The summed E-state index contributed by atoms with van der Waals surface area (Å²) in [5.41, 5.74) is 0. The first-order valence-electron chi connectivity index (χ1n) is 4.84. The fraction of sp³-hybridized carbons (Fsp3) is 1.00. The Kier molecular flexibility index (Phi) is 11.6. The van der Waals surface area contributed by atoms with E-state index >= 15 is 0 Å². The lowest BCUT2D eigenvalue weighted by Crippen LogP contribution is -2.29. The van der Waals surface area contributed by atoms with E-state index in [1.165, 1.54) is 0 Å². The van der Waals surface area contributed by atoms with Gasteiger partial charge in [0.15, 0.2) is 0 Å². The molecule has 0 radical (unpaired) electrons. The van der Waals surface area contributed by atoms with Crippen molar-refractivity contribution in [3.05, 3.63) is 0 Å². The Morgan fingerprint density at radius 2 is 1.60 bits per heavy atom. The van der Waals surface area contributed by atoms with Crippen LogP contribution in [0.15, 0.2) is 0 Å². The highest BCUT2D eigenvalue weighted by atomic mass is 16.6. The van der Waals surface area contributed by atoms with Gasteiger partial charge in [-0.25, -0.2) is 5.90 Å². The zero-order valence-corrected chi connectivity index (χ0v) is 9.44. The van der Waals surface area contributed by atoms with E-state index in [0.717, 1.165) is 0 Å². The van der Waals surface area contributed by atoms with Gasteiger partial charge in [0.25, 0.3) is 0 Å². The van der Waals surface area contributed by atoms with Gasteiger partial charge < -0.3 is 23.8 Å². The van der Waals surface area contributed by atoms with Gasteiger partial charge in [-0.3, -0.25) is 0 Å². The van der Waals surface area contributed by atoms with Crippen LogP contribution in [0.3, 0.4) is 0 Å². The van der Waals surface area contributed by atoms with E-state index in [0.29, 0.717) is 39.6 Å². The Morgan fingerprint density at radius 1 is 0.933 bits per heavy atom. The van der Waals surface area contributed by atoms with Crippen LogP contribution in [0.2, 0.25) is 0 Å². The molecule has 0 aliphatic heterocycles. The van der Waals surface area contributed by atoms with Gasteiger partial charge >= 0.3 is 0 Å². The molecule has 15 heavy (non-hydrogen) atoms. The first kappa shape index (κ1) is 14.8. The highest BCUT2D eigenvalue weighted by Gasteiger charge is 2.09. The minimum absolute atomic E-state index is 0.165. The van der Waals surface area contributed by atoms with Crippen molar-refractivity contribution in [2.75, 3.05) is 53.9 Å². The van der Waals surface area contributed by atoms with E-state index in [4.69, 9.17) is 24.8 Å². The van der Waals surface area contributed by atoms with E-state index in [1.54, 1.807) is 14.2 Å². The Labute approximate surface area is 90.5 Å². The molecular formula is C9H21NO5. The normalized spacial score (nSPS) is 13.0. The van der Waals surface area contributed by atoms with Crippen LogP contribution in [0.25, 0.3) is 0 Å². The predicted octanol–water partition coefficient (Wildman–Crippen LogP) is -0.429. The molecule has 6 heteroatoms. The minimum Gasteiger partial charge on any atom is -0.382 e. The summed E-state index contributed by atoms with van der Waals surface area (Å²) in [6.07, 6.45) is -0.165. The maximum absolute atomic E-state index is 5.41. The summed E-state index contributed by atoms with van der Waals surface area (Å²) in [7, 11) is 3.24. The second-order valence-corrected chi connectivity index (χ2v) is 2.89. The zero-order chi connectivity index (χ0) is 11.4. The summed E-state index contributed by atoms with van der Waals surface area (Å²) < 4.78 is 20.4. The van der Waals surface area contributed by atoms with Crippen molar-refractivity contribution in [1.82, 2.24) is 0 Å². The molecule has 6 nitrogen and oxygen atoms in total. The van der Waals surface area contributed by atoms with Gasteiger partial charge in [-0.15, -0.1) is 0 Å². The van der Waals surface area contributed by atoms with Gasteiger partial charge in [0.2, 0.25) is 0 Å². The topological polar surface area (TPSA) is 72.2 Å². The van der Waals surface area contributed by atoms with Crippen molar-refractivity contribution in [3.63, 3.8) is 0 Å². The van der Waals surface area contributed by atoms with Crippen molar-refractivity contribution in [3.8, 4) is 0 Å². The van der Waals surface area contributed by atoms with Gasteiger partial charge in [-0.05, 0) is 0 Å². The first-order valence-corrected chi connectivity index (χ1v) is 4.84. The lowest BCUT2D eigenvalue weighted by Gasteiger charge is -2.16. The summed E-state index contributed by atoms with van der Waals surface area (Å²) in [6, 6.07) is 0. The van der Waals surface area contributed by atoms with Gasteiger partial charge in [0.05, 0.1) is 39.6 Å². The number of hydrogen-bond donors (Lipinski definition) is 1. The van der Waals surface area contributed by atoms with E-state index < -0.39 is 0 Å². The summed E-state index contributed by atoms with van der Waals surface area (Å²) >= 11 is 0. The highest BCUT2D eigenvalue weighted by molar-refractivity contribution is 4.54. The maximum Gasteiger partial charge on any atom is 0.106 e. The van der Waals surface area contributed by atoms with Crippen molar-refractivity contribution in [2.45, 2.75) is 6.10 Å². The molecule has 0 aromatic rings. The van der Waals surface area contributed by atoms with Crippen molar-refractivity contribution < 1.29 is 23.8 Å². The molecule has 0 saturated carbocycles. The van der Waals surface area contributed by atoms with E-state index in [2.05, 4.69) is 4.84 Å². The number of methoxy groups -OCH3 is 2. The third kappa shape index (κ3) is 10.1. The Balaban J connectivity index is 3.44. The molecule has 0 aromatic carbocycles. The van der Waals surface area contributed by atoms with Crippen LogP contribution in [-0.2, 0) is 23.8 Å². The number of rotatable bonds is 11. The maximum atomic E-state index is 5.41. The molecular weight excluding hydrogens is 202 g/mol. The van der Waals surface area contributed by atoms with E-state index in [-0.39, 0.29) is 6.10 Å². The molecule has 0 spiro atoms.